The molecule has 0 amide bonds. The standard InChI is InChI=1S/C72H55BN4/c1-71(2)60-42-54(74(48-24-11-5-12-25-48)49-26-13-6-14-27-49)38-40-56(60)58-44-68-64(46-62(58)71)73-65-47-63-59(57-41-39-55(43-61(57)72(63,3)4)75(50-28-15-7-16-29-50)51-30-17-8-18-31-51)45-69(65)77(53-34-21-10-22-35-53)67-37-23-36-66(70(67)73)76(68)52-32-19-9-20-33-52/h5-47H,1-4H3. The van der Waals surface area contributed by atoms with E-state index in [-0.39, 0.29) is 17.5 Å². The van der Waals surface area contributed by atoms with Gasteiger partial charge in [-0.05, 0) is 182 Å². The second-order valence-corrected chi connectivity index (χ2v) is 22.1. The Morgan fingerprint density at radius 1 is 0.286 bits per heavy atom. The number of benzene rings is 11. The summed E-state index contributed by atoms with van der Waals surface area (Å²) in [6.45, 7) is 9.69. The topological polar surface area (TPSA) is 13.0 Å². The van der Waals surface area contributed by atoms with Crippen LogP contribution in [0.15, 0.2) is 261 Å². The molecule has 0 aromatic heterocycles. The van der Waals surface area contributed by atoms with Crippen LogP contribution in [0.4, 0.5) is 68.2 Å². The molecule has 0 bridgehead atoms. The lowest BCUT2D eigenvalue weighted by molar-refractivity contribution is 0.661. The summed E-state index contributed by atoms with van der Waals surface area (Å²) in [5.74, 6) is 0. The van der Waals surface area contributed by atoms with E-state index >= 15 is 0 Å². The number of hydrogen-bond acceptors (Lipinski definition) is 4. The van der Waals surface area contributed by atoms with Gasteiger partial charge >= 0.3 is 0 Å². The molecule has 11 aromatic carbocycles. The summed E-state index contributed by atoms with van der Waals surface area (Å²) < 4.78 is 0. The van der Waals surface area contributed by atoms with Crippen LogP contribution in [0.2, 0.25) is 0 Å². The van der Waals surface area contributed by atoms with Crippen molar-refractivity contribution in [3.63, 3.8) is 0 Å². The Morgan fingerprint density at radius 3 is 0.961 bits per heavy atom. The predicted octanol–water partition coefficient (Wildman–Crippen LogP) is 17.3. The van der Waals surface area contributed by atoms with Gasteiger partial charge in [-0.2, -0.15) is 0 Å². The molecule has 0 radical (unpaired) electrons. The Hall–Kier alpha value is -9.32. The molecule has 0 unspecified atom stereocenters. The fourth-order valence-electron chi connectivity index (χ4n) is 13.6. The van der Waals surface area contributed by atoms with Crippen LogP contribution in [0.1, 0.15) is 49.9 Å². The maximum Gasteiger partial charge on any atom is 0.252 e. The first-order valence-corrected chi connectivity index (χ1v) is 27.0. The van der Waals surface area contributed by atoms with E-state index in [1.54, 1.807) is 0 Å². The van der Waals surface area contributed by atoms with Gasteiger partial charge in [0.15, 0.2) is 0 Å². The lowest BCUT2D eigenvalue weighted by Crippen LogP contribution is -2.61. The van der Waals surface area contributed by atoms with Gasteiger partial charge in [-0.25, -0.2) is 0 Å². The number of rotatable bonds is 8. The van der Waals surface area contributed by atoms with Crippen LogP contribution in [-0.2, 0) is 10.8 Å². The third-order valence-electron chi connectivity index (χ3n) is 17.2. The van der Waals surface area contributed by atoms with Crippen LogP contribution in [-0.4, -0.2) is 6.71 Å². The van der Waals surface area contributed by atoms with E-state index in [9.17, 15) is 0 Å². The van der Waals surface area contributed by atoms with Gasteiger partial charge < -0.3 is 19.6 Å². The van der Waals surface area contributed by atoms with Crippen molar-refractivity contribution in [2.45, 2.75) is 38.5 Å². The summed E-state index contributed by atoms with van der Waals surface area (Å²) >= 11 is 0. The fraction of sp³-hybridized carbons (Fsp3) is 0.0833. The first-order chi connectivity index (χ1) is 37.7. The quantitative estimate of drug-likeness (QED) is 0.141. The van der Waals surface area contributed by atoms with Crippen LogP contribution < -0.4 is 36.0 Å². The SMILES string of the molecule is CC1(C)c2cc(N(c3ccccc3)c3ccccc3)ccc2-c2cc3c(cc21)B1c2cc4c(cc2N(c2ccccc2)c2cccc(c21)N3c1ccccc1)-c1ccc(N(c2ccccc2)c2ccccc2)cc1C4(C)C. The molecule has 0 saturated heterocycles. The van der Waals surface area contributed by atoms with Crippen LogP contribution in [0, 0.1) is 0 Å². The van der Waals surface area contributed by atoms with Gasteiger partial charge in [0.1, 0.15) is 0 Å². The highest BCUT2D eigenvalue weighted by Gasteiger charge is 2.48. The number of para-hydroxylation sites is 6. The highest BCUT2D eigenvalue weighted by Crippen LogP contribution is 2.56. The van der Waals surface area contributed by atoms with Crippen molar-refractivity contribution >= 4 is 91.3 Å². The Morgan fingerprint density at radius 2 is 0.610 bits per heavy atom. The van der Waals surface area contributed by atoms with Crippen molar-refractivity contribution < 1.29 is 0 Å². The smallest absolute Gasteiger partial charge is 0.252 e. The molecule has 4 aliphatic rings. The molecule has 4 nitrogen and oxygen atoms in total. The summed E-state index contributed by atoms with van der Waals surface area (Å²) in [4.78, 5) is 9.87. The van der Waals surface area contributed by atoms with Crippen LogP contribution in [0.25, 0.3) is 22.3 Å². The second kappa shape index (κ2) is 17.1. The van der Waals surface area contributed by atoms with Gasteiger partial charge in [-0.3, -0.25) is 0 Å². The molecule has 0 atom stereocenters. The van der Waals surface area contributed by atoms with Crippen molar-refractivity contribution in [1.82, 2.24) is 0 Å². The van der Waals surface area contributed by atoms with Gasteiger partial charge in [0.25, 0.3) is 6.71 Å². The van der Waals surface area contributed by atoms with E-state index < -0.39 is 0 Å². The van der Waals surface area contributed by atoms with Crippen molar-refractivity contribution in [1.29, 1.82) is 0 Å². The molecule has 0 fully saturated rings. The number of anilines is 12. The molecular weight excluding hydrogens is 932 g/mol. The van der Waals surface area contributed by atoms with Gasteiger partial charge in [0.2, 0.25) is 0 Å². The maximum absolute atomic E-state index is 2.61. The molecule has 0 N–H and O–H groups in total. The summed E-state index contributed by atoms with van der Waals surface area (Å²) in [5.41, 5.74) is 27.9. The van der Waals surface area contributed by atoms with Crippen LogP contribution in [0.3, 0.4) is 0 Å². The third kappa shape index (κ3) is 6.79. The minimum atomic E-state index is -0.299. The fourth-order valence-corrected chi connectivity index (χ4v) is 13.6. The minimum Gasteiger partial charge on any atom is -0.311 e. The van der Waals surface area contributed by atoms with Gasteiger partial charge in [-0.15, -0.1) is 0 Å². The molecule has 2 heterocycles. The zero-order chi connectivity index (χ0) is 51.6. The van der Waals surface area contributed by atoms with Gasteiger partial charge in [-0.1, -0.05) is 167 Å². The van der Waals surface area contributed by atoms with E-state index in [0.717, 1.165) is 45.5 Å². The normalized spacial score (nSPS) is 14.4. The molecule has 15 rings (SSSR count). The Bertz CT molecular complexity index is 3760. The maximum atomic E-state index is 2.61. The average molecular weight is 987 g/mol. The average Bonchev–Trinajstić information content (AvgIpc) is 4.02. The first-order valence-electron chi connectivity index (χ1n) is 27.0. The molecule has 11 aromatic rings. The molecular formula is C72H55BN4. The minimum absolute atomic E-state index is 0.0508. The second-order valence-electron chi connectivity index (χ2n) is 22.1. The summed E-state index contributed by atoms with van der Waals surface area (Å²) in [6.07, 6.45) is 0. The highest BCUT2D eigenvalue weighted by atomic mass is 15.2. The summed E-state index contributed by atoms with van der Waals surface area (Å²) in [6, 6.07) is 96.7. The van der Waals surface area contributed by atoms with E-state index in [0.29, 0.717) is 0 Å². The van der Waals surface area contributed by atoms with Crippen molar-refractivity contribution in [3.8, 4) is 22.3 Å². The number of nitrogens with zero attached hydrogens (tertiary/aromatic N) is 4. The Labute approximate surface area is 452 Å². The van der Waals surface area contributed by atoms with E-state index in [1.165, 1.54) is 83.6 Å². The van der Waals surface area contributed by atoms with E-state index in [2.05, 4.69) is 308 Å². The van der Waals surface area contributed by atoms with Gasteiger partial charge in [0.05, 0.1) is 0 Å². The zero-order valence-electron chi connectivity index (χ0n) is 43.7. The first kappa shape index (κ1) is 45.1. The molecule has 77 heavy (non-hydrogen) atoms. The van der Waals surface area contributed by atoms with Crippen molar-refractivity contribution in [2.75, 3.05) is 19.6 Å². The number of hydrogen-bond donors (Lipinski definition) is 0. The lowest BCUT2D eigenvalue weighted by atomic mass is 9.33. The molecule has 366 valence electrons. The Kier molecular flexibility index (Phi) is 10.0. The number of fused-ring (bicyclic) bond motifs is 10. The summed E-state index contributed by atoms with van der Waals surface area (Å²) in [7, 11) is 0. The van der Waals surface area contributed by atoms with Crippen LogP contribution in [0.5, 0.6) is 0 Å². The molecule has 0 saturated carbocycles. The predicted molar refractivity (Wildman–Crippen MR) is 325 cm³/mol. The zero-order valence-corrected chi connectivity index (χ0v) is 43.7. The van der Waals surface area contributed by atoms with Crippen molar-refractivity contribution in [3.05, 3.63) is 283 Å². The molecule has 5 heteroatoms. The van der Waals surface area contributed by atoms with Crippen molar-refractivity contribution in [2.24, 2.45) is 0 Å². The van der Waals surface area contributed by atoms with E-state index in [4.69, 9.17) is 0 Å². The Balaban J connectivity index is 0.942. The third-order valence-corrected chi connectivity index (χ3v) is 17.2. The molecule has 2 aliphatic heterocycles. The van der Waals surface area contributed by atoms with Gasteiger partial charge in [0, 0.05) is 79.1 Å². The molecule has 0 spiro atoms. The molecule has 2 aliphatic carbocycles. The van der Waals surface area contributed by atoms with E-state index in [1.807, 2.05) is 0 Å². The highest BCUT2D eigenvalue weighted by molar-refractivity contribution is 7.00. The largest absolute Gasteiger partial charge is 0.311 e. The lowest BCUT2D eigenvalue weighted by Gasteiger charge is -2.45. The summed E-state index contributed by atoms with van der Waals surface area (Å²) in [5, 5.41) is 0. The monoisotopic (exact) mass is 986 g/mol. The van der Waals surface area contributed by atoms with Crippen LogP contribution >= 0.6 is 0 Å².